The molecule has 1 unspecified atom stereocenters. The van der Waals surface area contributed by atoms with Gasteiger partial charge in [0.1, 0.15) is 0 Å². The summed E-state index contributed by atoms with van der Waals surface area (Å²) in [5, 5.41) is 12.1. The Morgan fingerprint density at radius 3 is 2.94 bits per heavy atom. The van der Waals surface area contributed by atoms with Gasteiger partial charge in [0.05, 0.1) is 6.07 Å². The Bertz CT molecular complexity index is 396. The van der Waals surface area contributed by atoms with Gasteiger partial charge in [-0.25, -0.2) is 0 Å². The van der Waals surface area contributed by atoms with Gasteiger partial charge >= 0.3 is 0 Å². The first-order valence-electron chi connectivity index (χ1n) is 5.90. The van der Waals surface area contributed by atoms with Gasteiger partial charge in [0, 0.05) is 36.3 Å². The number of nitriles is 1. The molecular formula is C13H19N3. The first-order chi connectivity index (χ1) is 7.71. The Morgan fingerprint density at radius 1 is 1.62 bits per heavy atom. The minimum Gasteiger partial charge on any atom is -0.349 e. The van der Waals surface area contributed by atoms with E-state index in [0.717, 1.165) is 6.54 Å². The van der Waals surface area contributed by atoms with Gasteiger partial charge in [-0.2, -0.15) is 5.26 Å². The predicted molar refractivity (Wildman–Crippen MR) is 63.8 cm³/mol. The Morgan fingerprint density at radius 2 is 2.38 bits per heavy atom. The van der Waals surface area contributed by atoms with E-state index in [2.05, 4.69) is 41.2 Å². The zero-order chi connectivity index (χ0) is 11.6. The number of aromatic nitrogens is 1. The van der Waals surface area contributed by atoms with Crippen LogP contribution in [-0.2, 0) is 6.54 Å². The molecule has 0 aliphatic heterocycles. The number of nitrogens with zero attached hydrogens (tertiary/aromatic N) is 2. The molecule has 3 nitrogen and oxygen atoms in total. The van der Waals surface area contributed by atoms with Crippen LogP contribution in [0.5, 0.6) is 0 Å². The highest BCUT2D eigenvalue weighted by Crippen LogP contribution is 2.50. The molecule has 1 aromatic rings. The van der Waals surface area contributed by atoms with Gasteiger partial charge in [-0.3, -0.25) is 0 Å². The molecule has 1 aliphatic rings. The highest BCUT2D eigenvalue weighted by Gasteiger charge is 2.42. The molecule has 2 rings (SSSR count). The number of hydrogen-bond acceptors (Lipinski definition) is 2. The molecule has 3 heteroatoms. The molecule has 0 amide bonds. The molecule has 1 atom stereocenters. The molecule has 0 saturated heterocycles. The van der Waals surface area contributed by atoms with E-state index in [0.29, 0.717) is 12.5 Å². The standard InChI is InChI=1S/C13H19N3/c1-11(15-2)12-4-3-9-16(12)10-13(5-6-13)7-8-14/h3-4,9,11,15H,5-7,10H2,1-2H3. The van der Waals surface area contributed by atoms with E-state index >= 15 is 0 Å². The van der Waals surface area contributed by atoms with E-state index in [-0.39, 0.29) is 5.41 Å². The third-order valence-corrected chi connectivity index (χ3v) is 3.66. The topological polar surface area (TPSA) is 40.8 Å². The second-order valence-corrected chi connectivity index (χ2v) is 4.91. The molecule has 1 saturated carbocycles. The minimum atomic E-state index is 0.274. The second-order valence-electron chi connectivity index (χ2n) is 4.91. The van der Waals surface area contributed by atoms with Crippen LogP contribution in [0, 0.1) is 16.7 Å². The van der Waals surface area contributed by atoms with Gasteiger partial charge in [-0.05, 0) is 38.9 Å². The van der Waals surface area contributed by atoms with Gasteiger partial charge in [-0.1, -0.05) is 0 Å². The quantitative estimate of drug-likeness (QED) is 0.823. The fraction of sp³-hybridized carbons (Fsp3) is 0.615. The number of hydrogen-bond donors (Lipinski definition) is 1. The fourth-order valence-corrected chi connectivity index (χ4v) is 2.21. The molecule has 0 radical (unpaired) electrons. The first kappa shape index (κ1) is 11.2. The number of nitrogens with one attached hydrogen (secondary N) is 1. The summed E-state index contributed by atoms with van der Waals surface area (Å²) < 4.78 is 2.30. The summed E-state index contributed by atoms with van der Waals surface area (Å²) in [7, 11) is 1.98. The Balaban J connectivity index is 2.11. The van der Waals surface area contributed by atoms with Crippen LogP contribution < -0.4 is 5.32 Å². The van der Waals surface area contributed by atoms with E-state index in [1.165, 1.54) is 18.5 Å². The maximum Gasteiger partial charge on any atom is 0.0628 e. The summed E-state index contributed by atoms with van der Waals surface area (Å²) in [5.41, 5.74) is 1.59. The van der Waals surface area contributed by atoms with Gasteiger partial charge in [-0.15, -0.1) is 0 Å². The molecule has 1 fully saturated rings. The van der Waals surface area contributed by atoms with Crippen molar-refractivity contribution in [2.24, 2.45) is 5.41 Å². The zero-order valence-electron chi connectivity index (χ0n) is 10.0. The van der Waals surface area contributed by atoms with Gasteiger partial charge in [0.2, 0.25) is 0 Å². The van der Waals surface area contributed by atoms with E-state index in [4.69, 9.17) is 5.26 Å². The molecule has 1 aromatic heterocycles. The fourth-order valence-electron chi connectivity index (χ4n) is 2.21. The maximum absolute atomic E-state index is 8.82. The maximum atomic E-state index is 8.82. The first-order valence-corrected chi connectivity index (χ1v) is 5.90. The van der Waals surface area contributed by atoms with Crippen LogP contribution in [0.15, 0.2) is 18.3 Å². The van der Waals surface area contributed by atoms with Crippen LogP contribution in [0.25, 0.3) is 0 Å². The molecule has 0 aromatic carbocycles. The Kier molecular flexibility index (Phi) is 3.02. The molecule has 0 bridgehead atoms. The Labute approximate surface area is 97.1 Å². The van der Waals surface area contributed by atoms with Gasteiger partial charge in [0.15, 0.2) is 0 Å². The van der Waals surface area contributed by atoms with Crippen LogP contribution >= 0.6 is 0 Å². The van der Waals surface area contributed by atoms with Crippen LogP contribution in [0.2, 0.25) is 0 Å². The molecule has 16 heavy (non-hydrogen) atoms. The number of rotatable bonds is 5. The molecule has 1 N–H and O–H groups in total. The monoisotopic (exact) mass is 217 g/mol. The lowest BCUT2D eigenvalue weighted by Gasteiger charge is -2.18. The third-order valence-electron chi connectivity index (χ3n) is 3.66. The lowest BCUT2D eigenvalue weighted by atomic mass is 10.0. The lowest BCUT2D eigenvalue weighted by molar-refractivity contribution is 0.414. The summed E-state index contributed by atoms with van der Waals surface area (Å²) in [6, 6.07) is 6.93. The smallest absolute Gasteiger partial charge is 0.0628 e. The van der Waals surface area contributed by atoms with Gasteiger partial charge in [0.25, 0.3) is 0 Å². The summed E-state index contributed by atoms with van der Waals surface area (Å²) >= 11 is 0. The third kappa shape index (κ3) is 2.12. The van der Waals surface area contributed by atoms with Crippen molar-refractivity contribution in [3.63, 3.8) is 0 Å². The molecule has 0 spiro atoms. The zero-order valence-corrected chi connectivity index (χ0v) is 10.0. The van der Waals surface area contributed by atoms with Crippen molar-refractivity contribution in [3.05, 3.63) is 24.0 Å². The summed E-state index contributed by atoms with van der Waals surface area (Å²) in [6.07, 6.45) is 5.22. The Hall–Kier alpha value is -1.27. The average molecular weight is 217 g/mol. The van der Waals surface area contributed by atoms with E-state index in [9.17, 15) is 0 Å². The van der Waals surface area contributed by atoms with Crippen molar-refractivity contribution in [2.75, 3.05) is 7.05 Å². The molecule has 1 heterocycles. The van der Waals surface area contributed by atoms with Crippen LogP contribution in [0.1, 0.15) is 37.9 Å². The van der Waals surface area contributed by atoms with E-state index < -0.39 is 0 Å². The average Bonchev–Trinajstić information content (AvgIpc) is 2.87. The SMILES string of the molecule is CNC(C)c1cccn1CC1(CC#N)CC1. The van der Waals surface area contributed by atoms with Crippen LogP contribution in [-0.4, -0.2) is 11.6 Å². The molecular weight excluding hydrogens is 198 g/mol. The lowest BCUT2D eigenvalue weighted by Crippen LogP contribution is -2.19. The van der Waals surface area contributed by atoms with Crippen molar-refractivity contribution in [1.82, 2.24) is 9.88 Å². The van der Waals surface area contributed by atoms with Crippen molar-refractivity contribution in [1.29, 1.82) is 5.26 Å². The highest BCUT2D eigenvalue weighted by atomic mass is 15.0. The van der Waals surface area contributed by atoms with Gasteiger partial charge < -0.3 is 9.88 Å². The van der Waals surface area contributed by atoms with Crippen molar-refractivity contribution < 1.29 is 0 Å². The second kappa shape index (κ2) is 4.31. The summed E-state index contributed by atoms with van der Waals surface area (Å²) in [6.45, 7) is 3.16. The summed E-state index contributed by atoms with van der Waals surface area (Å²) in [5.74, 6) is 0. The highest BCUT2D eigenvalue weighted by molar-refractivity contribution is 5.13. The van der Waals surface area contributed by atoms with Crippen LogP contribution in [0.3, 0.4) is 0 Å². The predicted octanol–water partition coefficient (Wildman–Crippen LogP) is 2.46. The minimum absolute atomic E-state index is 0.274. The van der Waals surface area contributed by atoms with Crippen molar-refractivity contribution in [2.45, 2.75) is 38.8 Å². The van der Waals surface area contributed by atoms with Crippen molar-refractivity contribution in [3.8, 4) is 6.07 Å². The summed E-state index contributed by atoms with van der Waals surface area (Å²) in [4.78, 5) is 0. The van der Waals surface area contributed by atoms with Crippen LogP contribution in [0.4, 0.5) is 0 Å². The van der Waals surface area contributed by atoms with E-state index in [1.54, 1.807) is 0 Å². The molecule has 1 aliphatic carbocycles. The largest absolute Gasteiger partial charge is 0.349 e. The normalized spacial score (nSPS) is 19.1. The molecule has 86 valence electrons. The van der Waals surface area contributed by atoms with Crippen molar-refractivity contribution >= 4 is 0 Å². The van der Waals surface area contributed by atoms with E-state index in [1.807, 2.05) is 7.05 Å².